The number of carbonyl (C=O) groups excluding carboxylic acids is 2. The van der Waals surface area contributed by atoms with Crippen molar-refractivity contribution in [2.75, 3.05) is 25.2 Å². The number of ether oxygens (including phenoxy) is 1. The number of carbonyl (C=O) groups is 2. The lowest BCUT2D eigenvalue weighted by atomic mass is 9.98. The number of hydrogen-bond acceptors (Lipinski definition) is 4. The van der Waals surface area contributed by atoms with Crippen LogP contribution in [0.3, 0.4) is 0 Å². The van der Waals surface area contributed by atoms with Gasteiger partial charge in [-0.3, -0.25) is 9.69 Å². The molecule has 0 fully saturated rings. The van der Waals surface area contributed by atoms with Crippen LogP contribution in [0.1, 0.15) is 40.0 Å². The van der Waals surface area contributed by atoms with Gasteiger partial charge in [0.2, 0.25) is 0 Å². The first-order valence-electron chi connectivity index (χ1n) is 11.8. The van der Waals surface area contributed by atoms with E-state index in [4.69, 9.17) is 9.84 Å². The van der Waals surface area contributed by atoms with Gasteiger partial charge in [0.25, 0.3) is 5.91 Å². The molecule has 1 aliphatic heterocycles. The van der Waals surface area contributed by atoms with E-state index in [1.165, 1.54) is 35.0 Å². The minimum Gasteiger partial charge on any atom is -0.491 e. The Morgan fingerprint density at radius 2 is 1.72 bits per heavy atom. The molecule has 0 spiro atoms. The van der Waals surface area contributed by atoms with E-state index in [1.54, 1.807) is 13.0 Å². The molecule has 0 aliphatic carbocycles. The maximum Gasteiger partial charge on any atom is 0.325 e. The lowest BCUT2D eigenvalue weighted by molar-refractivity contribution is 0.0950. The number of hydrogen-bond donors (Lipinski definition) is 2. The summed E-state index contributed by atoms with van der Waals surface area (Å²) in [7, 11) is 1.53. The van der Waals surface area contributed by atoms with Crippen molar-refractivity contribution in [3.8, 4) is 5.75 Å². The van der Waals surface area contributed by atoms with Gasteiger partial charge in [0.05, 0.1) is 24.9 Å². The predicted octanol–water partition coefficient (Wildman–Crippen LogP) is 4.82. The minimum atomic E-state index is -1.21. The highest BCUT2D eigenvalue weighted by atomic mass is 19.2. The summed E-state index contributed by atoms with van der Waals surface area (Å²) < 4.78 is 75.3. The summed E-state index contributed by atoms with van der Waals surface area (Å²) in [6.07, 6.45) is 0. The lowest BCUT2D eigenvalue weighted by Crippen LogP contribution is -2.46. The highest BCUT2D eigenvalue weighted by molar-refractivity contribution is 5.99. The van der Waals surface area contributed by atoms with Gasteiger partial charge in [-0.15, -0.1) is 0 Å². The third-order valence-electron chi connectivity index (χ3n) is 6.44. The van der Waals surface area contributed by atoms with Crippen molar-refractivity contribution < 1.29 is 41.4 Å². The molecule has 3 aromatic rings. The zero-order valence-electron chi connectivity index (χ0n) is 20.9. The Kier molecular flexibility index (Phi) is 8.05. The number of amides is 3. The number of nitrogens with one attached hydrogen (secondary N) is 1. The number of anilines is 1. The van der Waals surface area contributed by atoms with Crippen molar-refractivity contribution >= 4 is 17.6 Å². The average molecular weight is 549 g/mol. The van der Waals surface area contributed by atoms with Crippen LogP contribution in [0, 0.1) is 29.1 Å². The Bertz CT molecular complexity index is 1410. The fraction of sp³-hybridized carbons (Fsp3) is 0.259. The van der Waals surface area contributed by atoms with Gasteiger partial charge in [0.15, 0.2) is 11.6 Å². The summed E-state index contributed by atoms with van der Waals surface area (Å²) in [6, 6.07) is 6.45. The molecular formula is C27H24F5N3O4. The van der Waals surface area contributed by atoms with Gasteiger partial charge in [0.1, 0.15) is 29.8 Å². The number of aliphatic hydroxyl groups is 1. The molecule has 3 amide bonds. The molecule has 1 unspecified atom stereocenters. The minimum absolute atomic E-state index is 0.0258. The molecule has 0 radical (unpaired) electrons. The molecule has 1 heterocycles. The smallest absolute Gasteiger partial charge is 0.325 e. The van der Waals surface area contributed by atoms with Gasteiger partial charge in [-0.2, -0.15) is 0 Å². The molecule has 4 rings (SSSR count). The van der Waals surface area contributed by atoms with Gasteiger partial charge in [0, 0.05) is 48.5 Å². The predicted molar refractivity (Wildman–Crippen MR) is 131 cm³/mol. The maximum atomic E-state index is 14.7. The lowest BCUT2D eigenvalue weighted by Gasteiger charge is -2.39. The standard InChI is InChI=1S/C27H24F5N3O4/c1-14-19-4-3-15(26(37)33-12-20-21(29)9-17(28)10-22(20)30)8-24(19)35(27(38)34(14)2)13-16-7-18(39-6-5-36)11-23(31)25(16)32/h3-4,7-11,14,36H,5-6,12-13H2,1-2H3,(H,33,37). The highest BCUT2D eigenvalue weighted by Crippen LogP contribution is 2.38. The number of benzene rings is 3. The van der Waals surface area contributed by atoms with Crippen molar-refractivity contribution in [1.82, 2.24) is 10.2 Å². The topological polar surface area (TPSA) is 82.1 Å². The van der Waals surface area contributed by atoms with Crippen molar-refractivity contribution in [3.63, 3.8) is 0 Å². The van der Waals surface area contributed by atoms with Gasteiger partial charge in [-0.05, 0) is 30.7 Å². The normalized spacial score (nSPS) is 14.9. The zero-order valence-corrected chi connectivity index (χ0v) is 20.9. The first-order valence-corrected chi connectivity index (χ1v) is 11.8. The molecule has 206 valence electrons. The fourth-order valence-electron chi connectivity index (χ4n) is 4.25. The van der Waals surface area contributed by atoms with Crippen LogP contribution < -0.4 is 15.0 Å². The van der Waals surface area contributed by atoms with E-state index in [0.29, 0.717) is 17.7 Å². The Morgan fingerprint density at radius 3 is 2.38 bits per heavy atom. The summed E-state index contributed by atoms with van der Waals surface area (Å²) in [4.78, 5) is 28.6. The van der Waals surface area contributed by atoms with E-state index in [0.717, 1.165) is 6.07 Å². The molecule has 0 aromatic heterocycles. The van der Waals surface area contributed by atoms with Gasteiger partial charge >= 0.3 is 6.03 Å². The van der Waals surface area contributed by atoms with Crippen LogP contribution in [0.15, 0.2) is 42.5 Å². The number of rotatable bonds is 8. The van der Waals surface area contributed by atoms with Gasteiger partial charge in [-0.25, -0.2) is 26.7 Å². The van der Waals surface area contributed by atoms with Crippen LogP contribution in [0.2, 0.25) is 0 Å². The van der Waals surface area contributed by atoms with E-state index in [1.807, 2.05) is 0 Å². The molecule has 12 heteroatoms. The van der Waals surface area contributed by atoms with Crippen molar-refractivity contribution in [3.05, 3.63) is 93.8 Å². The molecule has 3 aromatic carbocycles. The molecular weight excluding hydrogens is 525 g/mol. The third-order valence-corrected chi connectivity index (χ3v) is 6.44. The van der Waals surface area contributed by atoms with Crippen LogP contribution in [0.4, 0.5) is 32.4 Å². The molecule has 7 nitrogen and oxygen atoms in total. The van der Waals surface area contributed by atoms with Crippen LogP contribution in [0.25, 0.3) is 0 Å². The average Bonchev–Trinajstić information content (AvgIpc) is 2.89. The Balaban J connectivity index is 1.65. The Morgan fingerprint density at radius 1 is 1.03 bits per heavy atom. The monoisotopic (exact) mass is 549 g/mol. The fourth-order valence-corrected chi connectivity index (χ4v) is 4.25. The molecule has 0 saturated carbocycles. The molecule has 1 atom stereocenters. The van der Waals surface area contributed by atoms with E-state index in [9.17, 15) is 31.5 Å². The zero-order chi connectivity index (χ0) is 28.4. The third kappa shape index (κ3) is 5.65. The second-order valence-corrected chi connectivity index (χ2v) is 8.91. The second-order valence-electron chi connectivity index (χ2n) is 8.91. The first-order chi connectivity index (χ1) is 18.5. The van der Waals surface area contributed by atoms with Crippen molar-refractivity contribution in [1.29, 1.82) is 0 Å². The molecule has 2 N–H and O–H groups in total. The summed E-state index contributed by atoms with van der Waals surface area (Å²) in [5.74, 6) is -6.60. The molecule has 1 aliphatic rings. The largest absolute Gasteiger partial charge is 0.491 e. The number of urea groups is 1. The number of aliphatic hydroxyl groups excluding tert-OH is 1. The van der Waals surface area contributed by atoms with E-state index >= 15 is 0 Å². The number of halogens is 5. The highest BCUT2D eigenvalue weighted by Gasteiger charge is 2.34. The van der Waals surface area contributed by atoms with Crippen LogP contribution in [-0.2, 0) is 13.1 Å². The Labute approximate surface area is 220 Å². The van der Waals surface area contributed by atoms with Crippen molar-refractivity contribution in [2.24, 2.45) is 0 Å². The maximum absolute atomic E-state index is 14.7. The quantitative estimate of drug-likeness (QED) is 0.395. The summed E-state index contributed by atoms with van der Waals surface area (Å²) in [6.45, 7) is 0.262. The molecule has 0 saturated heterocycles. The number of fused-ring (bicyclic) bond motifs is 1. The van der Waals surface area contributed by atoms with Gasteiger partial charge < -0.3 is 20.1 Å². The first kappa shape index (κ1) is 27.8. The Hall–Kier alpha value is -4.19. The van der Waals surface area contributed by atoms with Crippen LogP contribution in [-0.4, -0.2) is 42.2 Å². The van der Waals surface area contributed by atoms with Gasteiger partial charge in [-0.1, -0.05) is 6.07 Å². The van der Waals surface area contributed by atoms with Crippen LogP contribution in [0.5, 0.6) is 5.75 Å². The van der Waals surface area contributed by atoms with E-state index in [-0.39, 0.29) is 35.8 Å². The van der Waals surface area contributed by atoms with E-state index in [2.05, 4.69) is 5.32 Å². The molecule has 0 bridgehead atoms. The molecule has 39 heavy (non-hydrogen) atoms. The summed E-state index contributed by atoms with van der Waals surface area (Å²) in [5.41, 5.74) is 0.146. The summed E-state index contributed by atoms with van der Waals surface area (Å²) in [5, 5.41) is 11.3. The van der Waals surface area contributed by atoms with E-state index < -0.39 is 65.7 Å². The SMILES string of the molecule is CC1c2ccc(C(=O)NCc3c(F)cc(F)cc3F)cc2N(Cc2cc(OCCO)cc(F)c2F)C(=O)N1C. The second kappa shape index (κ2) is 11.3. The number of nitrogens with zero attached hydrogens (tertiary/aromatic N) is 2. The van der Waals surface area contributed by atoms with Crippen LogP contribution >= 0.6 is 0 Å². The van der Waals surface area contributed by atoms with Crippen molar-refractivity contribution in [2.45, 2.75) is 26.1 Å². The summed E-state index contributed by atoms with van der Waals surface area (Å²) >= 11 is 0.